The molecule has 0 saturated carbocycles. The van der Waals surface area contributed by atoms with Gasteiger partial charge in [-0.2, -0.15) is 0 Å². The van der Waals surface area contributed by atoms with Gasteiger partial charge in [0.15, 0.2) is 6.29 Å². The van der Waals surface area contributed by atoms with Crippen molar-refractivity contribution in [2.24, 2.45) is 5.92 Å². The van der Waals surface area contributed by atoms with E-state index in [1.54, 1.807) is 11.8 Å². The van der Waals surface area contributed by atoms with E-state index < -0.39 is 6.29 Å². The minimum absolute atomic E-state index is 0.0140. The third kappa shape index (κ3) is 6.64. The van der Waals surface area contributed by atoms with Crippen LogP contribution in [-0.4, -0.2) is 29.5 Å². The van der Waals surface area contributed by atoms with Gasteiger partial charge in [0.2, 0.25) is 0 Å². The molecule has 3 aromatic carbocycles. The Morgan fingerprint density at radius 2 is 1.63 bits per heavy atom. The highest BCUT2D eigenvalue weighted by atomic mass is 32.2. The molecule has 3 aromatic rings. The summed E-state index contributed by atoms with van der Waals surface area (Å²) in [5.41, 5.74) is 3.53. The van der Waals surface area contributed by atoms with Crippen LogP contribution in [0.15, 0.2) is 83.8 Å². The van der Waals surface area contributed by atoms with E-state index >= 15 is 0 Å². The molecular weight excluding hydrogens is 460 g/mol. The number of anilines is 1. The second-order valence-electron chi connectivity index (χ2n) is 8.55. The van der Waals surface area contributed by atoms with Gasteiger partial charge in [-0.25, -0.2) is 4.79 Å². The number of ether oxygens (including phenoxy) is 2. The van der Waals surface area contributed by atoms with E-state index in [2.05, 4.69) is 29.7 Å². The van der Waals surface area contributed by atoms with Gasteiger partial charge < -0.3 is 25.2 Å². The normalized spacial score (nSPS) is 21.9. The van der Waals surface area contributed by atoms with Crippen molar-refractivity contribution in [3.05, 3.63) is 95.6 Å². The standard InChI is InChI=1S/C28H32N2O4S/c1-3-29-28(32)30-23-15-13-22(14-16-23)27-33-25(18-35-24-7-5-4-6-8-24)19(2)26(34-27)21-11-9-20(17-31)10-12-21/h4-16,19,25-27,31H,3,17-18H2,1-2H3,(H2,29,30,32). The number of rotatable bonds is 8. The Labute approximate surface area is 211 Å². The number of hydrogen-bond donors (Lipinski definition) is 3. The van der Waals surface area contributed by atoms with E-state index in [-0.39, 0.29) is 30.8 Å². The van der Waals surface area contributed by atoms with Crippen molar-refractivity contribution in [2.45, 2.75) is 43.8 Å². The molecule has 4 atom stereocenters. The first-order valence-corrected chi connectivity index (χ1v) is 12.9. The molecule has 4 rings (SSSR count). The molecule has 3 N–H and O–H groups in total. The molecule has 0 bridgehead atoms. The van der Waals surface area contributed by atoms with Crippen molar-refractivity contribution >= 4 is 23.5 Å². The van der Waals surface area contributed by atoms with Crippen LogP contribution < -0.4 is 10.6 Å². The van der Waals surface area contributed by atoms with Crippen LogP contribution in [0.25, 0.3) is 0 Å². The summed E-state index contributed by atoms with van der Waals surface area (Å²) in [4.78, 5) is 13.0. The fraction of sp³-hybridized carbons (Fsp3) is 0.321. The third-order valence-electron chi connectivity index (χ3n) is 6.06. The Balaban J connectivity index is 1.54. The highest BCUT2D eigenvalue weighted by molar-refractivity contribution is 7.99. The number of aliphatic hydroxyl groups is 1. The quantitative estimate of drug-likeness (QED) is 0.341. The highest BCUT2D eigenvalue weighted by Gasteiger charge is 2.38. The molecule has 4 unspecified atom stereocenters. The largest absolute Gasteiger partial charge is 0.392 e. The van der Waals surface area contributed by atoms with Crippen LogP contribution in [0.1, 0.15) is 42.9 Å². The maximum Gasteiger partial charge on any atom is 0.319 e. The summed E-state index contributed by atoms with van der Waals surface area (Å²) in [7, 11) is 0. The van der Waals surface area contributed by atoms with E-state index in [0.29, 0.717) is 12.2 Å². The summed E-state index contributed by atoms with van der Waals surface area (Å²) in [5.74, 6) is 0.925. The topological polar surface area (TPSA) is 79.8 Å². The van der Waals surface area contributed by atoms with Gasteiger partial charge in [0.05, 0.1) is 18.8 Å². The van der Waals surface area contributed by atoms with Crippen molar-refractivity contribution in [1.29, 1.82) is 0 Å². The lowest BCUT2D eigenvalue weighted by Crippen LogP contribution is -2.38. The minimum Gasteiger partial charge on any atom is -0.392 e. The monoisotopic (exact) mass is 492 g/mol. The molecule has 2 amide bonds. The number of carbonyl (C=O) groups is 1. The smallest absolute Gasteiger partial charge is 0.319 e. The maximum atomic E-state index is 11.8. The predicted molar refractivity (Wildman–Crippen MR) is 139 cm³/mol. The highest BCUT2D eigenvalue weighted by Crippen LogP contribution is 2.43. The Morgan fingerprint density at radius 3 is 2.29 bits per heavy atom. The first-order valence-electron chi connectivity index (χ1n) is 11.9. The van der Waals surface area contributed by atoms with Crippen molar-refractivity contribution in [2.75, 3.05) is 17.6 Å². The average molecular weight is 493 g/mol. The lowest BCUT2D eigenvalue weighted by molar-refractivity contribution is -0.268. The van der Waals surface area contributed by atoms with Crippen LogP contribution in [0.4, 0.5) is 10.5 Å². The first kappa shape index (κ1) is 25.3. The van der Waals surface area contributed by atoms with Crippen LogP contribution in [0, 0.1) is 5.92 Å². The van der Waals surface area contributed by atoms with Crippen LogP contribution in [0.5, 0.6) is 0 Å². The zero-order chi connectivity index (χ0) is 24.6. The van der Waals surface area contributed by atoms with E-state index in [0.717, 1.165) is 22.4 Å². The van der Waals surface area contributed by atoms with Crippen LogP contribution >= 0.6 is 11.8 Å². The molecule has 184 valence electrons. The van der Waals surface area contributed by atoms with Crippen LogP contribution in [0.3, 0.4) is 0 Å². The number of hydrogen-bond acceptors (Lipinski definition) is 5. The molecule has 0 spiro atoms. The number of urea groups is 1. The van der Waals surface area contributed by atoms with Gasteiger partial charge in [0, 0.05) is 34.4 Å². The third-order valence-corrected chi connectivity index (χ3v) is 7.16. The zero-order valence-electron chi connectivity index (χ0n) is 20.0. The summed E-state index contributed by atoms with van der Waals surface area (Å²) >= 11 is 1.78. The minimum atomic E-state index is -0.534. The summed E-state index contributed by atoms with van der Waals surface area (Å²) in [6, 6.07) is 25.6. The Hall–Kier alpha value is -2.84. The van der Waals surface area contributed by atoms with Gasteiger partial charge >= 0.3 is 6.03 Å². The van der Waals surface area contributed by atoms with E-state index in [4.69, 9.17) is 9.47 Å². The fourth-order valence-electron chi connectivity index (χ4n) is 4.06. The van der Waals surface area contributed by atoms with Crippen molar-refractivity contribution in [3.8, 4) is 0 Å². The number of benzene rings is 3. The lowest BCUT2D eigenvalue weighted by atomic mass is 9.91. The number of thioether (sulfide) groups is 1. The molecule has 0 radical (unpaired) electrons. The molecule has 0 aromatic heterocycles. The second kappa shape index (κ2) is 12.2. The number of aliphatic hydroxyl groups excluding tert-OH is 1. The summed E-state index contributed by atoms with van der Waals surface area (Å²) < 4.78 is 13.0. The lowest BCUT2D eigenvalue weighted by Gasteiger charge is -2.41. The van der Waals surface area contributed by atoms with Gasteiger partial charge in [-0.1, -0.05) is 61.5 Å². The van der Waals surface area contributed by atoms with Gasteiger partial charge in [-0.3, -0.25) is 0 Å². The number of nitrogens with one attached hydrogen (secondary N) is 2. The molecule has 1 aliphatic heterocycles. The van der Waals surface area contributed by atoms with E-state index in [1.807, 2.05) is 73.7 Å². The SMILES string of the molecule is CCNC(=O)Nc1ccc(C2OC(CSc3ccccc3)C(C)C(c3ccc(CO)cc3)O2)cc1. The fourth-order valence-corrected chi connectivity index (χ4v) is 5.15. The number of carbonyl (C=O) groups excluding carboxylic acids is 1. The second-order valence-corrected chi connectivity index (χ2v) is 9.65. The molecule has 1 aliphatic rings. The van der Waals surface area contributed by atoms with Crippen molar-refractivity contribution in [1.82, 2.24) is 5.32 Å². The molecule has 7 heteroatoms. The van der Waals surface area contributed by atoms with Crippen LogP contribution in [0.2, 0.25) is 0 Å². The summed E-state index contributed by atoms with van der Waals surface area (Å²) in [6.07, 6.45) is -0.723. The van der Waals surface area contributed by atoms with Gasteiger partial charge in [0.25, 0.3) is 0 Å². The molecule has 6 nitrogen and oxygen atoms in total. The molecule has 1 saturated heterocycles. The predicted octanol–water partition coefficient (Wildman–Crippen LogP) is 5.90. The molecule has 1 fully saturated rings. The van der Waals surface area contributed by atoms with Crippen molar-refractivity contribution in [3.63, 3.8) is 0 Å². The Bertz CT molecular complexity index is 1080. The van der Waals surface area contributed by atoms with E-state index in [1.165, 1.54) is 4.90 Å². The molecule has 1 heterocycles. The van der Waals surface area contributed by atoms with Gasteiger partial charge in [-0.15, -0.1) is 11.8 Å². The van der Waals surface area contributed by atoms with Crippen LogP contribution in [-0.2, 0) is 16.1 Å². The molecule has 0 aliphatic carbocycles. The number of amides is 2. The average Bonchev–Trinajstić information content (AvgIpc) is 2.89. The van der Waals surface area contributed by atoms with Gasteiger partial charge in [0.1, 0.15) is 0 Å². The zero-order valence-corrected chi connectivity index (χ0v) is 20.8. The Morgan fingerprint density at radius 1 is 0.943 bits per heavy atom. The maximum absolute atomic E-state index is 11.8. The van der Waals surface area contributed by atoms with Gasteiger partial charge in [-0.05, 0) is 42.3 Å². The van der Waals surface area contributed by atoms with Crippen molar-refractivity contribution < 1.29 is 19.4 Å². The molecular formula is C28H32N2O4S. The first-order chi connectivity index (χ1) is 17.1. The summed E-state index contributed by atoms with van der Waals surface area (Å²) in [5, 5.41) is 15.0. The molecule has 35 heavy (non-hydrogen) atoms. The Kier molecular flexibility index (Phi) is 8.82. The summed E-state index contributed by atoms with van der Waals surface area (Å²) in [6.45, 7) is 4.62. The van der Waals surface area contributed by atoms with E-state index in [9.17, 15) is 9.90 Å².